The highest BCUT2D eigenvalue weighted by Crippen LogP contribution is 2.34. The highest BCUT2D eigenvalue weighted by atomic mass is 35.5. The molecular weight excluding hydrogens is 358 g/mol. The SMILES string of the molecule is CC(C)[C@H](N)C(=O)NCC(=O)Nc1ccc(SC2CCCC2)cc1.Cl. The smallest absolute Gasteiger partial charge is 0.243 e. The van der Waals surface area contributed by atoms with Crippen molar-refractivity contribution in [2.75, 3.05) is 11.9 Å². The van der Waals surface area contributed by atoms with Crippen molar-refractivity contribution in [2.45, 2.75) is 55.7 Å². The number of benzene rings is 1. The number of anilines is 1. The average molecular weight is 386 g/mol. The lowest BCUT2D eigenvalue weighted by Crippen LogP contribution is -2.46. The number of rotatable bonds is 7. The van der Waals surface area contributed by atoms with Crippen LogP contribution in [0.5, 0.6) is 0 Å². The van der Waals surface area contributed by atoms with Crippen LogP contribution in [0.25, 0.3) is 0 Å². The first kappa shape index (κ1) is 21.8. The maximum Gasteiger partial charge on any atom is 0.243 e. The van der Waals surface area contributed by atoms with Crippen molar-refractivity contribution in [1.82, 2.24) is 5.32 Å². The molecule has 5 nitrogen and oxygen atoms in total. The summed E-state index contributed by atoms with van der Waals surface area (Å²) in [6.45, 7) is 3.67. The van der Waals surface area contributed by atoms with Gasteiger partial charge in [-0.3, -0.25) is 9.59 Å². The molecule has 1 aromatic carbocycles. The normalized spacial score (nSPS) is 15.5. The molecule has 1 fully saturated rings. The lowest BCUT2D eigenvalue weighted by atomic mass is 10.1. The highest BCUT2D eigenvalue weighted by Gasteiger charge is 2.18. The largest absolute Gasteiger partial charge is 0.346 e. The van der Waals surface area contributed by atoms with Gasteiger partial charge in [-0.2, -0.15) is 0 Å². The van der Waals surface area contributed by atoms with Crippen LogP contribution >= 0.6 is 24.2 Å². The zero-order valence-corrected chi connectivity index (χ0v) is 16.4. The van der Waals surface area contributed by atoms with Gasteiger partial charge >= 0.3 is 0 Å². The van der Waals surface area contributed by atoms with Crippen molar-refractivity contribution in [3.8, 4) is 0 Å². The number of thioether (sulfide) groups is 1. The Morgan fingerprint density at radius 3 is 2.36 bits per heavy atom. The first-order chi connectivity index (χ1) is 11.5. The Morgan fingerprint density at radius 2 is 1.80 bits per heavy atom. The van der Waals surface area contributed by atoms with Crippen LogP contribution in [0.4, 0.5) is 5.69 Å². The first-order valence-electron chi connectivity index (χ1n) is 8.55. The molecule has 4 N–H and O–H groups in total. The zero-order chi connectivity index (χ0) is 17.5. The van der Waals surface area contributed by atoms with Crippen molar-refractivity contribution in [3.05, 3.63) is 24.3 Å². The maximum absolute atomic E-state index is 11.9. The van der Waals surface area contributed by atoms with E-state index in [2.05, 4.69) is 10.6 Å². The third kappa shape index (κ3) is 7.26. The first-order valence-corrected chi connectivity index (χ1v) is 9.43. The van der Waals surface area contributed by atoms with Crippen LogP contribution in [0.15, 0.2) is 29.2 Å². The minimum absolute atomic E-state index is 0. The van der Waals surface area contributed by atoms with Gasteiger partial charge in [0.1, 0.15) is 0 Å². The number of hydrogen-bond donors (Lipinski definition) is 3. The second-order valence-electron chi connectivity index (χ2n) is 6.58. The van der Waals surface area contributed by atoms with Gasteiger partial charge in [0.05, 0.1) is 12.6 Å². The standard InChI is InChI=1S/C18H27N3O2S.ClH/c1-12(2)17(19)18(23)20-11-16(22)21-13-7-9-15(10-8-13)24-14-5-3-4-6-14;/h7-10,12,14,17H,3-6,11,19H2,1-2H3,(H,20,23)(H,21,22);1H/t17-;/m0./s1. The number of carbonyl (C=O) groups excluding carboxylic acids is 2. The van der Waals surface area contributed by atoms with Crippen LogP contribution in [0.3, 0.4) is 0 Å². The van der Waals surface area contributed by atoms with Gasteiger partial charge in [0.25, 0.3) is 0 Å². The van der Waals surface area contributed by atoms with Gasteiger partial charge in [-0.05, 0) is 43.0 Å². The predicted molar refractivity (Wildman–Crippen MR) is 106 cm³/mol. The molecule has 0 saturated heterocycles. The molecule has 1 aliphatic rings. The van der Waals surface area contributed by atoms with E-state index in [1.807, 2.05) is 49.9 Å². The molecule has 0 spiro atoms. The summed E-state index contributed by atoms with van der Waals surface area (Å²) < 4.78 is 0. The monoisotopic (exact) mass is 385 g/mol. The van der Waals surface area contributed by atoms with Crippen LogP contribution in [0.2, 0.25) is 0 Å². The maximum atomic E-state index is 11.9. The second-order valence-corrected chi connectivity index (χ2v) is 7.96. The van der Waals surface area contributed by atoms with Crippen molar-refractivity contribution in [1.29, 1.82) is 0 Å². The highest BCUT2D eigenvalue weighted by molar-refractivity contribution is 8.00. The van der Waals surface area contributed by atoms with E-state index in [4.69, 9.17) is 5.73 Å². The van der Waals surface area contributed by atoms with Crippen LogP contribution in [-0.4, -0.2) is 29.7 Å². The Bertz CT molecular complexity index is 560. The van der Waals surface area contributed by atoms with Crippen LogP contribution in [0, 0.1) is 5.92 Å². The number of amides is 2. The Hall–Kier alpha value is -1.24. The molecule has 2 rings (SSSR count). The van der Waals surface area contributed by atoms with Gasteiger partial charge in [0.15, 0.2) is 0 Å². The van der Waals surface area contributed by atoms with E-state index >= 15 is 0 Å². The molecule has 0 bridgehead atoms. The fourth-order valence-corrected chi connectivity index (χ4v) is 3.86. The third-order valence-corrected chi connectivity index (χ3v) is 5.54. The van der Waals surface area contributed by atoms with Gasteiger partial charge in [-0.15, -0.1) is 24.2 Å². The summed E-state index contributed by atoms with van der Waals surface area (Å²) >= 11 is 1.92. The molecule has 1 saturated carbocycles. The van der Waals surface area contributed by atoms with Gasteiger partial charge < -0.3 is 16.4 Å². The van der Waals surface area contributed by atoms with Crippen molar-refractivity contribution in [2.24, 2.45) is 11.7 Å². The fourth-order valence-electron chi connectivity index (χ4n) is 2.61. The Kier molecular flexibility index (Phi) is 9.32. The molecule has 0 unspecified atom stereocenters. The van der Waals surface area contributed by atoms with E-state index in [9.17, 15) is 9.59 Å². The summed E-state index contributed by atoms with van der Waals surface area (Å²) in [4.78, 5) is 24.9. The molecule has 1 aromatic rings. The molecule has 0 radical (unpaired) electrons. The molecule has 1 aliphatic carbocycles. The van der Waals surface area contributed by atoms with E-state index in [1.165, 1.54) is 30.6 Å². The van der Waals surface area contributed by atoms with Crippen molar-refractivity contribution in [3.63, 3.8) is 0 Å². The number of nitrogens with two attached hydrogens (primary N) is 1. The summed E-state index contributed by atoms with van der Waals surface area (Å²) in [6.07, 6.45) is 5.25. The fraction of sp³-hybridized carbons (Fsp3) is 0.556. The molecule has 2 amide bonds. The molecule has 1 atom stereocenters. The number of carbonyl (C=O) groups is 2. The third-order valence-electron chi connectivity index (χ3n) is 4.19. The van der Waals surface area contributed by atoms with E-state index in [-0.39, 0.29) is 36.7 Å². The van der Waals surface area contributed by atoms with E-state index in [0.717, 1.165) is 10.9 Å². The number of halogens is 1. The second kappa shape index (κ2) is 10.7. The lowest BCUT2D eigenvalue weighted by molar-refractivity contribution is -0.125. The summed E-state index contributed by atoms with van der Waals surface area (Å²) in [5.41, 5.74) is 6.47. The summed E-state index contributed by atoms with van der Waals surface area (Å²) in [5.74, 6) is -0.517. The van der Waals surface area contributed by atoms with Crippen molar-refractivity contribution < 1.29 is 9.59 Å². The van der Waals surface area contributed by atoms with Crippen molar-refractivity contribution >= 4 is 41.7 Å². The lowest BCUT2D eigenvalue weighted by Gasteiger charge is -2.15. The average Bonchev–Trinajstić information content (AvgIpc) is 3.06. The summed E-state index contributed by atoms with van der Waals surface area (Å²) in [7, 11) is 0. The van der Waals surface area contributed by atoms with Gasteiger partial charge in [0, 0.05) is 15.8 Å². The minimum Gasteiger partial charge on any atom is -0.346 e. The molecular formula is C18H28ClN3O2S. The van der Waals surface area contributed by atoms with Gasteiger partial charge in [-0.25, -0.2) is 0 Å². The Balaban J connectivity index is 0.00000312. The van der Waals surface area contributed by atoms with Crippen LogP contribution < -0.4 is 16.4 Å². The van der Waals surface area contributed by atoms with Gasteiger partial charge in [-0.1, -0.05) is 26.7 Å². The quantitative estimate of drug-likeness (QED) is 0.673. The van der Waals surface area contributed by atoms with Gasteiger partial charge in [0.2, 0.25) is 11.8 Å². The Labute approximate surface area is 160 Å². The van der Waals surface area contributed by atoms with Crippen LogP contribution in [0.1, 0.15) is 39.5 Å². The molecule has 140 valence electrons. The van der Waals surface area contributed by atoms with Crippen LogP contribution in [-0.2, 0) is 9.59 Å². The molecule has 7 heteroatoms. The van der Waals surface area contributed by atoms with E-state index in [0.29, 0.717) is 0 Å². The molecule has 25 heavy (non-hydrogen) atoms. The Morgan fingerprint density at radius 1 is 1.20 bits per heavy atom. The number of nitrogens with one attached hydrogen (secondary N) is 2. The topological polar surface area (TPSA) is 84.2 Å². The number of hydrogen-bond acceptors (Lipinski definition) is 4. The predicted octanol–water partition coefficient (Wildman–Crippen LogP) is 3.18. The van der Waals surface area contributed by atoms with E-state index < -0.39 is 6.04 Å². The summed E-state index contributed by atoms with van der Waals surface area (Å²) in [6, 6.07) is 7.27. The zero-order valence-electron chi connectivity index (χ0n) is 14.8. The summed E-state index contributed by atoms with van der Waals surface area (Å²) in [5, 5.41) is 6.07. The molecule has 0 aromatic heterocycles. The molecule has 0 aliphatic heterocycles. The van der Waals surface area contributed by atoms with E-state index in [1.54, 1.807) is 0 Å². The molecule has 0 heterocycles. The minimum atomic E-state index is -0.593.